The average molecular weight is 1010 g/mol. The Morgan fingerprint density at radius 3 is 1.45 bits per heavy atom. The van der Waals surface area contributed by atoms with E-state index in [2.05, 4.69) is 210 Å². The molecule has 0 N–H and O–H groups in total. The van der Waals surface area contributed by atoms with Crippen LogP contribution in [0.4, 0.5) is 34.3 Å². The molecule has 0 bridgehead atoms. The fourth-order valence-electron chi connectivity index (χ4n) is 16.1. The van der Waals surface area contributed by atoms with Gasteiger partial charge in [0.2, 0.25) is 5.88 Å². The van der Waals surface area contributed by atoms with Crippen molar-refractivity contribution in [2.24, 2.45) is 0 Å². The zero-order chi connectivity index (χ0) is 53.3. The molecule has 392 valence electrons. The minimum Gasteiger partial charge on any atom is -0.440 e. The van der Waals surface area contributed by atoms with Crippen LogP contribution in [0.1, 0.15) is 218 Å². The van der Waals surface area contributed by atoms with Crippen LogP contribution in [0.2, 0.25) is 0 Å². The molecule has 0 amide bonds. The van der Waals surface area contributed by atoms with Crippen LogP contribution in [-0.4, -0.2) is 6.71 Å². The van der Waals surface area contributed by atoms with E-state index in [0.717, 1.165) is 30.7 Å². The van der Waals surface area contributed by atoms with Crippen molar-refractivity contribution in [1.82, 2.24) is 0 Å². The van der Waals surface area contributed by atoms with Crippen molar-refractivity contribution in [2.75, 3.05) is 9.80 Å². The molecule has 1 fully saturated rings. The van der Waals surface area contributed by atoms with Crippen molar-refractivity contribution in [3.05, 3.63) is 148 Å². The molecule has 0 radical (unpaired) electrons. The molecule has 1 aromatic heterocycles. The fraction of sp³-hybridized carbons (Fsp3) is 0.472. The van der Waals surface area contributed by atoms with Gasteiger partial charge in [0.25, 0.3) is 6.71 Å². The molecule has 0 saturated heterocycles. The third-order valence-electron chi connectivity index (χ3n) is 21.4. The summed E-state index contributed by atoms with van der Waals surface area (Å²) in [7, 11) is 0. The van der Waals surface area contributed by atoms with Gasteiger partial charge in [-0.3, -0.25) is 4.90 Å². The summed E-state index contributed by atoms with van der Waals surface area (Å²) in [6.45, 7) is 34.7. The van der Waals surface area contributed by atoms with Crippen molar-refractivity contribution >= 4 is 68.4 Å². The molecule has 7 aromatic rings. The summed E-state index contributed by atoms with van der Waals surface area (Å²) < 4.78 is 7.77. The molecule has 4 heteroatoms. The van der Waals surface area contributed by atoms with Gasteiger partial charge in [-0.25, -0.2) is 0 Å². The lowest BCUT2D eigenvalue weighted by molar-refractivity contribution is 0.332. The highest BCUT2D eigenvalue weighted by molar-refractivity contribution is 7.01. The summed E-state index contributed by atoms with van der Waals surface area (Å²) in [6, 6.07) is 42.0. The molecule has 3 heterocycles. The standard InChI is InChI=1S/C72H85BN2O/c1-15-45-39-62-50(42-53(45)72(14)29-21-16-17-22-30-72)63-65(76-62)75(49-26-28-52-55(41-49)69(8,9)34-32-67(52,4)5)61-38-47(46-23-19-18-20-24-46)37-60-64(61)73(63)58-43-56-57(71(12,13)36-35-70(56,10)11)44-59(58)74(60)48-25-27-51-54(40-48)68(6,7)33-31-66(51,2)3/h18-20,23-28,37-44H,15-17,21-22,29-36H2,1-14H3. The highest BCUT2D eigenvalue weighted by atomic mass is 16.4. The van der Waals surface area contributed by atoms with Gasteiger partial charge in [0, 0.05) is 39.3 Å². The first-order valence-corrected chi connectivity index (χ1v) is 29.9. The van der Waals surface area contributed by atoms with Gasteiger partial charge in [0.15, 0.2) is 0 Å². The van der Waals surface area contributed by atoms with E-state index in [-0.39, 0.29) is 44.6 Å². The van der Waals surface area contributed by atoms with Gasteiger partial charge < -0.3 is 9.32 Å². The summed E-state index contributed by atoms with van der Waals surface area (Å²) >= 11 is 0. The lowest BCUT2D eigenvalue weighted by atomic mass is 9.33. The van der Waals surface area contributed by atoms with E-state index in [0.29, 0.717) is 0 Å². The summed E-state index contributed by atoms with van der Waals surface area (Å²) in [5.41, 5.74) is 26.2. The van der Waals surface area contributed by atoms with E-state index in [1.54, 1.807) is 5.56 Å². The highest BCUT2D eigenvalue weighted by Crippen LogP contribution is 2.55. The number of hydrogen-bond donors (Lipinski definition) is 0. The number of fused-ring (bicyclic) bond motifs is 9. The van der Waals surface area contributed by atoms with E-state index >= 15 is 0 Å². The maximum absolute atomic E-state index is 7.77. The Hall–Kier alpha value is -5.48. The van der Waals surface area contributed by atoms with Crippen LogP contribution in [0.25, 0.3) is 22.1 Å². The van der Waals surface area contributed by atoms with Crippen molar-refractivity contribution in [3.63, 3.8) is 0 Å². The molecular formula is C72H85BN2O. The maximum Gasteiger partial charge on any atom is 0.257 e. The normalized spacial score (nSPS) is 21.6. The van der Waals surface area contributed by atoms with Crippen LogP contribution in [0.5, 0.6) is 0 Å². The quantitative estimate of drug-likeness (QED) is 0.127. The number of nitrogens with zero attached hydrogens (tertiary/aromatic N) is 2. The summed E-state index contributed by atoms with van der Waals surface area (Å²) in [5, 5.41) is 1.29. The van der Waals surface area contributed by atoms with Crippen LogP contribution < -0.4 is 26.2 Å². The van der Waals surface area contributed by atoms with Crippen LogP contribution in [0, 0.1) is 0 Å². The van der Waals surface area contributed by atoms with E-state index in [1.165, 1.54) is 164 Å². The second kappa shape index (κ2) is 16.8. The van der Waals surface area contributed by atoms with Crippen LogP contribution >= 0.6 is 0 Å². The minimum absolute atomic E-state index is 0.0232. The molecule has 4 aliphatic carbocycles. The van der Waals surface area contributed by atoms with E-state index in [9.17, 15) is 0 Å². The van der Waals surface area contributed by atoms with Gasteiger partial charge >= 0.3 is 0 Å². The predicted octanol–water partition coefficient (Wildman–Crippen LogP) is 18.4. The minimum atomic E-state index is -0.0667. The molecule has 6 aromatic carbocycles. The number of hydrogen-bond acceptors (Lipinski definition) is 3. The largest absolute Gasteiger partial charge is 0.440 e. The Bertz CT molecular complexity index is 3520. The summed E-state index contributed by atoms with van der Waals surface area (Å²) in [5.74, 6) is 0.983. The monoisotopic (exact) mass is 1000 g/mol. The Morgan fingerprint density at radius 2 is 0.908 bits per heavy atom. The zero-order valence-electron chi connectivity index (χ0n) is 48.9. The van der Waals surface area contributed by atoms with E-state index in [1.807, 2.05) is 0 Å². The lowest BCUT2D eigenvalue weighted by Gasteiger charge is -2.47. The smallest absolute Gasteiger partial charge is 0.257 e. The van der Waals surface area contributed by atoms with E-state index in [4.69, 9.17) is 4.42 Å². The Kier molecular flexibility index (Phi) is 11.0. The molecule has 0 spiro atoms. The maximum atomic E-state index is 7.77. The Labute approximate surface area is 457 Å². The van der Waals surface area contributed by atoms with Gasteiger partial charge in [-0.15, -0.1) is 0 Å². The second-order valence-corrected chi connectivity index (χ2v) is 29.3. The molecule has 1 saturated carbocycles. The molecular weight excluding hydrogens is 920 g/mol. The molecule has 3 nitrogen and oxygen atoms in total. The highest BCUT2D eigenvalue weighted by Gasteiger charge is 2.50. The second-order valence-electron chi connectivity index (χ2n) is 29.3. The van der Waals surface area contributed by atoms with Gasteiger partial charge in [0.05, 0.1) is 0 Å². The number of furan rings is 1. The molecule has 6 aliphatic rings. The third-order valence-corrected chi connectivity index (χ3v) is 21.4. The van der Waals surface area contributed by atoms with E-state index < -0.39 is 0 Å². The SMILES string of the molecule is CCc1cc2oc3c(c2cc1C1(C)CCCCCC1)B1c2cc4c(cc2N(c2ccc5c(c2)C(C)(C)CCC5(C)C)c2cc(-c5ccccc5)cc(c21)N3c1ccc2c(c1)C(C)(C)CCC2(C)C)C(C)(C)CCC4(C)C. The number of anilines is 6. The Morgan fingerprint density at radius 1 is 0.421 bits per heavy atom. The zero-order valence-corrected chi connectivity index (χ0v) is 48.9. The number of rotatable bonds is 5. The van der Waals surface area contributed by atoms with Gasteiger partial charge in [-0.05, 0) is 217 Å². The number of benzene rings is 6. The van der Waals surface area contributed by atoms with Crippen LogP contribution in [-0.2, 0) is 44.3 Å². The van der Waals surface area contributed by atoms with Gasteiger partial charge in [0.1, 0.15) is 5.58 Å². The first-order chi connectivity index (χ1) is 35.9. The van der Waals surface area contributed by atoms with Crippen molar-refractivity contribution in [2.45, 2.75) is 218 Å². The third kappa shape index (κ3) is 7.47. The first kappa shape index (κ1) is 50.1. The fourth-order valence-corrected chi connectivity index (χ4v) is 16.1. The molecule has 0 unspecified atom stereocenters. The molecule has 0 atom stereocenters. The topological polar surface area (TPSA) is 19.6 Å². The summed E-state index contributed by atoms with van der Waals surface area (Å²) in [4.78, 5) is 5.34. The lowest BCUT2D eigenvalue weighted by Crippen LogP contribution is -2.61. The van der Waals surface area contributed by atoms with Crippen molar-refractivity contribution < 1.29 is 4.42 Å². The number of aryl methyl sites for hydroxylation is 1. The van der Waals surface area contributed by atoms with Crippen molar-refractivity contribution in [3.8, 4) is 11.1 Å². The van der Waals surface area contributed by atoms with Crippen molar-refractivity contribution in [1.29, 1.82) is 0 Å². The van der Waals surface area contributed by atoms with Crippen LogP contribution in [0.3, 0.4) is 0 Å². The van der Waals surface area contributed by atoms with Gasteiger partial charge in [-0.2, -0.15) is 0 Å². The molecule has 2 aliphatic heterocycles. The summed E-state index contributed by atoms with van der Waals surface area (Å²) in [6.07, 6.45) is 15.8. The predicted molar refractivity (Wildman–Crippen MR) is 326 cm³/mol. The Balaban J connectivity index is 1.19. The first-order valence-electron chi connectivity index (χ1n) is 29.9. The van der Waals surface area contributed by atoms with Gasteiger partial charge in [-0.1, -0.05) is 171 Å². The molecule has 13 rings (SSSR count). The van der Waals surface area contributed by atoms with Crippen LogP contribution in [0.15, 0.2) is 108 Å². The average Bonchev–Trinajstić information content (AvgIpc) is 3.74. The molecule has 76 heavy (non-hydrogen) atoms.